The maximum atomic E-state index is 11.4. The van der Waals surface area contributed by atoms with E-state index in [4.69, 9.17) is 5.11 Å². The summed E-state index contributed by atoms with van der Waals surface area (Å²) in [6, 6.07) is -0.184. The number of rotatable bonds is 7. The molecular formula is C13H24N2O3. The van der Waals surface area contributed by atoms with Crippen molar-refractivity contribution >= 4 is 12.0 Å². The minimum Gasteiger partial charge on any atom is -0.481 e. The third-order valence-corrected chi connectivity index (χ3v) is 3.42. The highest BCUT2D eigenvalue weighted by Crippen LogP contribution is 2.25. The number of carboxylic acids is 1. The molecule has 1 saturated carbocycles. The highest BCUT2D eigenvalue weighted by molar-refractivity contribution is 5.73. The summed E-state index contributed by atoms with van der Waals surface area (Å²) in [7, 11) is 0. The molecular weight excluding hydrogens is 232 g/mol. The Morgan fingerprint density at radius 3 is 2.39 bits per heavy atom. The molecule has 0 aromatic rings. The topological polar surface area (TPSA) is 78.4 Å². The van der Waals surface area contributed by atoms with E-state index >= 15 is 0 Å². The van der Waals surface area contributed by atoms with Gasteiger partial charge in [-0.1, -0.05) is 32.1 Å². The van der Waals surface area contributed by atoms with Gasteiger partial charge in [0.1, 0.15) is 0 Å². The average molecular weight is 256 g/mol. The van der Waals surface area contributed by atoms with Crippen LogP contribution < -0.4 is 10.6 Å². The summed E-state index contributed by atoms with van der Waals surface area (Å²) >= 11 is 0. The number of carboxylic acid groups (broad SMARTS) is 1. The Morgan fingerprint density at radius 1 is 1.06 bits per heavy atom. The van der Waals surface area contributed by atoms with Gasteiger partial charge in [0.2, 0.25) is 0 Å². The molecule has 0 saturated heterocycles. The number of carbonyl (C=O) groups excluding carboxylic acids is 1. The Morgan fingerprint density at radius 2 is 1.72 bits per heavy atom. The molecule has 5 heteroatoms. The van der Waals surface area contributed by atoms with Crippen LogP contribution in [0.4, 0.5) is 4.79 Å². The van der Waals surface area contributed by atoms with Gasteiger partial charge in [-0.3, -0.25) is 4.79 Å². The van der Waals surface area contributed by atoms with Crippen molar-refractivity contribution in [2.24, 2.45) is 5.92 Å². The zero-order chi connectivity index (χ0) is 13.2. The predicted molar refractivity (Wildman–Crippen MR) is 69.5 cm³/mol. The molecule has 5 nitrogen and oxygen atoms in total. The minimum atomic E-state index is -0.825. The largest absolute Gasteiger partial charge is 0.481 e. The zero-order valence-electron chi connectivity index (χ0n) is 10.9. The van der Waals surface area contributed by atoms with Crippen molar-refractivity contribution < 1.29 is 14.7 Å². The first-order chi connectivity index (χ1) is 8.68. The van der Waals surface area contributed by atoms with Crippen molar-refractivity contribution in [3.8, 4) is 0 Å². The smallest absolute Gasteiger partial charge is 0.314 e. The van der Waals surface area contributed by atoms with Gasteiger partial charge < -0.3 is 15.7 Å². The third-order valence-electron chi connectivity index (χ3n) is 3.42. The molecule has 0 bridgehead atoms. The first kappa shape index (κ1) is 14.8. The van der Waals surface area contributed by atoms with E-state index in [-0.39, 0.29) is 12.5 Å². The maximum Gasteiger partial charge on any atom is 0.314 e. The van der Waals surface area contributed by atoms with E-state index in [1.165, 1.54) is 32.1 Å². The summed E-state index contributed by atoms with van der Waals surface area (Å²) in [5.41, 5.74) is 0. The number of carbonyl (C=O) groups is 2. The number of hydrogen-bond acceptors (Lipinski definition) is 2. The van der Waals surface area contributed by atoms with Crippen LogP contribution in [0.1, 0.15) is 51.4 Å². The summed E-state index contributed by atoms with van der Waals surface area (Å²) in [4.78, 5) is 21.6. The van der Waals surface area contributed by atoms with Crippen molar-refractivity contribution in [2.45, 2.75) is 51.4 Å². The number of aliphatic carboxylic acids is 1. The molecule has 104 valence electrons. The van der Waals surface area contributed by atoms with Crippen LogP contribution in [-0.2, 0) is 4.79 Å². The highest BCUT2D eigenvalue weighted by Gasteiger charge is 2.13. The van der Waals surface area contributed by atoms with Crippen LogP contribution in [0.5, 0.6) is 0 Å². The lowest BCUT2D eigenvalue weighted by Crippen LogP contribution is -2.37. The van der Waals surface area contributed by atoms with E-state index in [0.717, 1.165) is 18.9 Å². The van der Waals surface area contributed by atoms with E-state index in [0.29, 0.717) is 13.0 Å². The standard InChI is InChI=1S/C13H24N2O3/c16-12(17)7-4-9-14-13(18)15-10-8-11-5-2-1-3-6-11/h11H,1-10H2,(H,16,17)(H2,14,15,18). The Hall–Kier alpha value is -1.26. The molecule has 1 aliphatic rings. The normalized spacial score (nSPS) is 16.2. The van der Waals surface area contributed by atoms with Gasteiger partial charge >= 0.3 is 12.0 Å². The van der Waals surface area contributed by atoms with Crippen molar-refractivity contribution in [1.29, 1.82) is 0 Å². The van der Waals surface area contributed by atoms with Gasteiger partial charge in [0.25, 0.3) is 0 Å². The van der Waals surface area contributed by atoms with Crippen LogP contribution in [0, 0.1) is 5.92 Å². The quantitative estimate of drug-likeness (QED) is 0.610. The third kappa shape index (κ3) is 7.14. The number of amides is 2. The molecule has 0 spiro atoms. The van der Waals surface area contributed by atoms with Crippen molar-refractivity contribution in [1.82, 2.24) is 10.6 Å². The van der Waals surface area contributed by atoms with Crippen LogP contribution >= 0.6 is 0 Å². The molecule has 0 unspecified atom stereocenters. The Kier molecular flexibility index (Phi) is 7.22. The van der Waals surface area contributed by atoms with Gasteiger partial charge in [0, 0.05) is 19.5 Å². The summed E-state index contributed by atoms with van der Waals surface area (Å²) < 4.78 is 0. The fourth-order valence-corrected chi connectivity index (χ4v) is 2.37. The van der Waals surface area contributed by atoms with Crippen LogP contribution in [0.25, 0.3) is 0 Å². The van der Waals surface area contributed by atoms with Gasteiger partial charge in [-0.2, -0.15) is 0 Å². The van der Waals surface area contributed by atoms with E-state index in [1.54, 1.807) is 0 Å². The lowest BCUT2D eigenvalue weighted by molar-refractivity contribution is -0.137. The monoisotopic (exact) mass is 256 g/mol. The van der Waals surface area contributed by atoms with Gasteiger partial charge in [-0.25, -0.2) is 4.79 Å². The number of nitrogens with one attached hydrogen (secondary N) is 2. The Balaban J connectivity index is 1.94. The van der Waals surface area contributed by atoms with Crippen molar-refractivity contribution in [2.75, 3.05) is 13.1 Å². The van der Waals surface area contributed by atoms with Crippen LogP contribution in [-0.4, -0.2) is 30.2 Å². The summed E-state index contributed by atoms with van der Waals surface area (Å²) in [5.74, 6) is -0.0550. The van der Waals surface area contributed by atoms with E-state index in [9.17, 15) is 9.59 Å². The van der Waals surface area contributed by atoms with Crippen LogP contribution in [0.2, 0.25) is 0 Å². The number of hydrogen-bond donors (Lipinski definition) is 3. The molecule has 18 heavy (non-hydrogen) atoms. The first-order valence-electron chi connectivity index (χ1n) is 6.92. The molecule has 3 N–H and O–H groups in total. The SMILES string of the molecule is O=C(O)CCCNC(=O)NCCC1CCCCC1. The summed E-state index contributed by atoms with van der Waals surface area (Å²) in [6.07, 6.45) is 8.23. The fraction of sp³-hybridized carbons (Fsp3) is 0.846. The summed E-state index contributed by atoms with van der Waals surface area (Å²) in [6.45, 7) is 1.14. The average Bonchev–Trinajstić information content (AvgIpc) is 2.36. The second-order valence-electron chi connectivity index (χ2n) is 4.97. The lowest BCUT2D eigenvalue weighted by Gasteiger charge is -2.21. The molecule has 1 rings (SSSR count). The van der Waals surface area contributed by atoms with Gasteiger partial charge in [-0.15, -0.1) is 0 Å². The number of urea groups is 1. The van der Waals surface area contributed by atoms with Crippen LogP contribution in [0.15, 0.2) is 0 Å². The maximum absolute atomic E-state index is 11.4. The van der Waals surface area contributed by atoms with Gasteiger partial charge in [0.05, 0.1) is 0 Å². The summed E-state index contributed by atoms with van der Waals surface area (Å²) in [5, 5.41) is 13.9. The van der Waals surface area contributed by atoms with Gasteiger partial charge in [-0.05, 0) is 18.8 Å². The second kappa shape index (κ2) is 8.78. The van der Waals surface area contributed by atoms with E-state index < -0.39 is 5.97 Å². The van der Waals surface area contributed by atoms with E-state index in [2.05, 4.69) is 10.6 Å². The molecule has 0 atom stereocenters. The fourth-order valence-electron chi connectivity index (χ4n) is 2.37. The molecule has 2 amide bonds. The molecule has 1 aliphatic carbocycles. The van der Waals surface area contributed by atoms with Crippen molar-refractivity contribution in [3.05, 3.63) is 0 Å². The first-order valence-corrected chi connectivity index (χ1v) is 6.92. The molecule has 1 fully saturated rings. The molecule has 0 aliphatic heterocycles. The zero-order valence-corrected chi connectivity index (χ0v) is 10.9. The predicted octanol–water partition coefficient (Wildman–Crippen LogP) is 2.12. The lowest BCUT2D eigenvalue weighted by atomic mass is 9.87. The molecule has 0 radical (unpaired) electrons. The highest BCUT2D eigenvalue weighted by atomic mass is 16.4. The molecule has 0 aromatic carbocycles. The van der Waals surface area contributed by atoms with Crippen molar-refractivity contribution in [3.63, 3.8) is 0 Å². The molecule has 0 aromatic heterocycles. The second-order valence-corrected chi connectivity index (χ2v) is 4.97. The van der Waals surface area contributed by atoms with E-state index in [1.807, 2.05) is 0 Å². The Labute approximate surface area is 108 Å². The van der Waals surface area contributed by atoms with Gasteiger partial charge in [0.15, 0.2) is 0 Å². The Bertz CT molecular complexity index is 263. The minimum absolute atomic E-state index is 0.0996. The molecule has 0 heterocycles. The van der Waals surface area contributed by atoms with Crippen LogP contribution in [0.3, 0.4) is 0 Å².